The van der Waals surface area contributed by atoms with Crippen molar-refractivity contribution in [3.8, 4) is 0 Å². The maximum absolute atomic E-state index is 5.95. The molecule has 17 heavy (non-hydrogen) atoms. The van der Waals surface area contributed by atoms with Crippen molar-refractivity contribution >= 4 is 0 Å². The molecule has 2 N–H and O–H groups in total. The van der Waals surface area contributed by atoms with Crippen LogP contribution < -0.4 is 5.73 Å². The average molecular weight is 241 g/mol. The molecule has 100 valence electrons. The summed E-state index contributed by atoms with van der Waals surface area (Å²) in [5.41, 5.74) is 6.19. The van der Waals surface area contributed by atoms with Gasteiger partial charge in [-0.1, -0.05) is 0 Å². The Hall–Kier alpha value is -0.160. The Morgan fingerprint density at radius 3 is 2.53 bits per heavy atom. The van der Waals surface area contributed by atoms with Crippen LogP contribution in [-0.4, -0.2) is 69.3 Å². The first-order chi connectivity index (χ1) is 8.15. The first kappa shape index (κ1) is 13.3. The molecule has 2 fully saturated rings. The highest BCUT2D eigenvalue weighted by Crippen LogP contribution is 2.29. The van der Waals surface area contributed by atoms with Crippen LogP contribution in [0.1, 0.15) is 19.3 Å². The second-order valence-corrected chi connectivity index (χ2v) is 5.98. The summed E-state index contributed by atoms with van der Waals surface area (Å²) in [6, 6.07) is 0.764. The molecule has 0 spiro atoms. The van der Waals surface area contributed by atoms with Gasteiger partial charge >= 0.3 is 0 Å². The molecule has 0 saturated carbocycles. The number of nitrogens with two attached hydrogens (primary N) is 1. The minimum Gasteiger partial charge on any atom is -0.381 e. The molecule has 4 nitrogen and oxygen atoms in total. The van der Waals surface area contributed by atoms with E-state index in [4.69, 9.17) is 10.5 Å². The van der Waals surface area contributed by atoms with Crippen LogP contribution in [0.25, 0.3) is 0 Å². The Bertz CT molecular complexity index is 231. The standard InChI is InChI=1S/C13H27N3O/c1-15(2)12-3-6-16(7-4-12)10-13(9-14)5-8-17-11-13/h12H,3-11,14H2,1-2H3. The van der Waals surface area contributed by atoms with E-state index in [1.807, 2.05) is 0 Å². The van der Waals surface area contributed by atoms with Crippen LogP contribution >= 0.6 is 0 Å². The van der Waals surface area contributed by atoms with Gasteiger partial charge in [0.2, 0.25) is 0 Å². The molecule has 0 bridgehead atoms. The van der Waals surface area contributed by atoms with Crippen LogP contribution in [-0.2, 0) is 4.74 Å². The van der Waals surface area contributed by atoms with Gasteiger partial charge in [-0.05, 0) is 46.4 Å². The molecule has 0 aromatic carbocycles. The summed E-state index contributed by atoms with van der Waals surface area (Å²) in [7, 11) is 4.37. The van der Waals surface area contributed by atoms with Crippen LogP contribution in [0.3, 0.4) is 0 Å². The summed E-state index contributed by atoms with van der Waals surface area (Å²) in [5, 5.41) is 0. The SMILES string of the molecule is CN(C)C1CCN(CC2(CN)CCOC2)CC1. The second-order valence-electron chi connectivity index (χ2n) is 5.98. The predicted molar refractivity (Wildman–Crippen MR) is 70.1 cm³/mol. The molecule has 4 heteroatoms. The zero-order chi connectivity index (χ0) is 12.3. The molecular formula is C13H27N3O. The Morgan fingerprint density at radius 2 is 2.06 bits per heavy atom. The summed E-state index contributed by atoms with van der Waals surface area (Å²) >= 11 is 0. The molecule has 1 atom stereocenters. The zero-order valence-corrected chi connectivity index (χ0v) is 11.3. The molecule has 1 unspecified atom stereocenters. The molecule has 0 aliphatic carbocycles. The van der Waals surface area contributed by atoms with Gasteiger partial charge in [-0.3, -0.25) is 0 Å². The Balaban J connectivity index is 1.81. The number of piperidine rings is 1. The quantitative estimate of drug-likeness (QED) is 0.772. The van der Waals surface area contributed by atoms with Gasteiger partial charge in [0.1, 0.15) is 0 Å². The maximum atomic E-state index is 5.95. The molecule has 2 aliphatic rings. The van der Waals surface area contributed by atoms with Crippen molar-refractivity contribution in [2.24, 2.45) is 11.1 Å². The third kappa shape index (κ3) is 3.19. The molecular weight excluding hydrogens is 214 g/mol. The fraction of sp³-hybridized carbons (Fsp3) is 1.00. The van der Waals surface area contributed by atoms with Gasteiger partial charge in [0.25, 0.3) is 0 Å². The van der Waals surface area contributed by atoms with Gasteiger partial charge in [-0.15, -0.1) is 0 Å². The van der Waals surface area contributed by atoms with E-state index in [-0.39, 0.29) is 5.41 Å². The molecule has 0 radical (unpaired) electrons. The summed E-state index contributed by atoms with van der Waals surface area (Å²) in [6.07, 6.45) is 3.71. The first-order valence-corrected chi connectivity index (χ1v) is 6.82. The topological polar surface area (TPSA) is 41.7 Å². The largest absolute Gasteiger partial charge is 0.381 e. The number of nitrogens with zero attached hydrogens (tertiary/aromatic N) is 2. The summed E-state index contributed by atoms with van der Waals surface area (Å²) in [5.74, 6) is 0. The van der Waals surface area contributed by atoms with Crippen molar-refractivity contribution in [3.63, 3.8) is 0 Å². The maximum Gasteiger partial charge on any atom is 0.0547 e. The molecule has 2 saturated heterocycles. The van der Waals surface area contributed by atoms with Crippen molar-refractivity contribution in [1.29, 1.82) is 0 Å². The molecule has 2 heterocycles. The lowest BCUT2D eigenvalue weighted by Gasteiger charge is -2.39. The molecule has 2 rings (SSSR count). The molecule has 0 aromatic heterocycles. The Kier molecular flexibility index (Phi) is 4.42. The highest BCUT2D eigenvalue weighted by atomic mass is 16.5. The van der Waals surface area contributed by atoms with Gasteiger partial charge in [0, 0.05) is 31.2 Å². The Labute approximate surface area is 105 Å². The minimum atomic E-state index is 0.241. The number of hydrogen-bond acceptors (Lipinski definition) is 4. The summed E-state index contributed by atoms with van der Waals surface area (Å²) in [6.45, 7) is 6.07. The van der Waals surface area contributed by atoms with E-state index in [1.165, 1.54) is 25.9 Å². The predicted octanol–water partition coefficient (Wildman–Crippen LogP) is 0.378. The number of hydrogen-bond donors (Lipinski definition) is 1. The van der Waals surface area contributed by atoms with E-state index >= 15 is 0 Å². The van der Waals surface area contributed by atoms with Crippen molar-refractivity contribution in [2.75, 3.05) is 53.5 Å². The van der Waals surface area contributed by atoms with Crippen LogP contribution in [0.4, 0.5) is 0 Å². The van der Waals surface area contributed by atoms with E-state index in [2.05, 4.69) is 23.9 Å². The first-order valence-electron chi connectivity index (χ1n) is 6.82. The highest BCUT2D eigenvalue weighted by Gasteiger charge is 2.36. The fourth-order valence-electron chi connectivity index (χ4n) is 3.07. The molecule has 2 aliphatic heterocycles. The van der Waals surface area contributed by atoms with Crippen molar-refractivity contribution < 1.29 is 4.74 Å². The lowest BCUT2D eigenvalue weighted by atomic mass is 9.86. The Morgan fingerprint density at radius 1 is 1.35 bits per heavy atom. The number of ether oxygens (including phenoxy) is 1. The van der Waals surface area contributed by atoms with Gasteiger partial charge in [0.15, 0.2) is 0 Å². The van der Waals surface area contributed by atoms with E-state index < -0.39 is 0 Å². The zero-order valence-electron chi connectivity index (χ0n) is 11.3. The third-order valence-electron chi connectivity index (χ3n) is 4.46. The lowest BCUT2D eigenvalue weighted by Crippen LogP contribution is -2.48. The van der Waals surface area contributed by atoms with Gasteiger partial charge in [-0.25, -0.2) is 0 Å². The van der Waals surface area contributed by atoms with Gasteiger partial charge in [0.05, 0.1) is 6.61 Å². The monoisotopic (exact) mass is 241 g/mol. The molecule has 0 amide bonds. The van der Waals surface area contributed by atoms with E-state index in [0.717, 1.165) is 38.8 Å². The summed E-state index contributed by atoms with van der Waals surface area (Å²) < 4.78 is 5.54. The van der Waals surface area contributed by atoms with Crippen molar-refractivity contribution in [1.82, 2.24) is 9.80 Å². The fourth-order valence-corrected chi connectivity index (χ4v) is 3.07. The van der Waals surface area contributed by atoms with E-state index in [9.17, 15) is 0 Å². The molecule has 0 aromatic rings. The average Bonchev–Trinajstić information content (AvgIpc) is 2.79. The summed E-state index contributed by atoms with van der Waals surface area (Å²) in [4.78, 5) is 4.94. The van der Waals surface area contributed by atoms with Crippen LogP contribution in [0.5, 0.6) is 0 Å². The van der Waals surface area contributed by atoms with Crippen molar-refractivity contribution in [2.45, 2.75) is 25.3 Å². The van der Waals surface area contributed by atoms with E-state index in [0.29, 0.717) is 0 Å². The minimum absolute atomic E-state index is 0.241. The van der Waals surface area contributed by atoms with Crippen LogP contribution in [0, 0.1) is 5.41 Å². The highest BCUT2D eigenvalue weighted by molar-refractivity contribution is 4.89. The normalized spacial score (nSPS) is 32.5. The second kappa shape index (κ2) is 5.65. The van der Waals surface area contributed by atoms with E-state index in [1.54, 1.807) is 0 Å². The van der Waals surface area contributed by atoms with Gasteiger partial charge in [-0.2, -0.15) is 0 Å². The number of rotatable bonds is 4. The van der Waals surface area contributed by atoms with Crippen LogP contribution in [0.2, 0.25) is 0 Å². The van der Waals surface area contributed by atoms with Gasteiger partial charge < -0.3 is 20.3 Å². The lowest BCUT2D eigenvalue weighted by molar-refractivity contribution is 0.0828. The van der Waals surface area contributed by atoms with Crippen molar-refractivity contribution in [3.05, 3.63) is 0 Å². The van der Waals surface area contributed by atoms with Crippen LogP contribution in [0.15, 0.2) is 0 Å². The number of likely N-dealkylation sites (tertiary alicyclic amines) is 1. The smallest absolute Gasteiger partial charge is 0.0547 e. The third-order valence-corrected chi connectivity index (χ3v) is 4.46.